The number of benzene rings is 2. The van der Waals surface area contributed by atoms with Gasteiger partial charge in [0.15, 0.2) is 5.75 Å². The monoisotopic (exact) mass is 483 g/mol. The Bertz CT molecular complexity index is 998. The third kappa shape index (κ3) is 6.24. The van der Waals surface area contributed by atoms with E-state index in [0.717, 1.165) is 57.0 Å². The fraction of sp³-hybridized carbons (Fsp3) is 0.500. The smallest absolute Gasteiger partial charge is 0.310 e. The van der Waals surface area contributed by atoms with Gasteiger partial charge in [0, 0.05) is 51.0 Å². The standard InChI is InChI=1S/C26H33N3O4S/c1-19-2-4-20(5-3-19)21-8-13-27(14-9-21)15-12-26(34)28-16-10-22(11-17-28)33-23-6-7-24(29(31)32)25(30)18-23/h2-7,18,21-22,30H,8-17H2,1H3. The van der Waals surface area contributed by atoms with Gasteiger partial charge >= 0.3 is 5.69 Å². The molecule has 0 aliphatic carbocycles. The van der Waals surface area contributed by atoms with Crippen LogP contribution in [0, 0.1) is 17.0 Å². The number of hydrogen-bond acceptors (Lipinski definition) is 6. The van der Waals surface area contributed by atoms with E-state index in [1.165, 1.54) is 42.2 Å². The Morgan fingerprint density at radius 3 is 2.38 bits per heavy atom. The molecule has 34 heavy (non-hydrogen) atoms. The lowest BCUT2D eigenvalue weighted by molar-refractivity contribution is -0.385. The van der Waals surface area contributed by atoms with Gasteiger partial charge in [-0.3, -0.25) is 10.1 Å². The summed E-state index contributed by atoms with van der Waals surface area (Å²) in [7, 11) is 0. The highest BCUT2D eigenvalue weighted by Crippen LogP contribution is 2.31. The minimum atomic E-state index is -0.606. The zero-order chi connectivity index (χ0) is 24.1. The fourth-order valence-corrected chi connectivity index (χ4v) is 5.16. The number of aromatic hydroxyl groups is 1. The highest BCUT2D eigenvalue weighted by Gasteiger charge is 2.25. The van der Waals surface area contributed by atoms with Crippen molar-refractivity contribution < 1.29 is 14.8 Å². The van der Waals surface area contributed by atoms with Crippen molar-refractivity contribution in [2.75, 3.05) is 32.7 Å². The van der Waals surface area contributed by atoms with Crippen molar-refractivity contribution in [2.24, 2.45) is 0 Å². The number of aryl methyl sites for hydroxylation is 1. The summed E-state index contributed by atoms with van der Waals surface area (Å²) in [6.45, 7) is 7.08. The van der Waals surface area contributed by atoms with Crippen molar-refractivity contribution in [3.63, 3.8) is 0 Å². The molecule has 8 heteroatoms. The molecule has 0 saturated carbocycles. The third-order valence-electron chi connectivity index (χ3n) is 7.02. The van der Waals surface area contributed by atoms with Gasteiger partial charge in [-0.1, -0.05) is 42.0 Å². The van der Waals surface area contributed by atoms with Gasteiger partial charge in [-0.05, 0) is 50.4 Å². The quantitative estimate of drug-likeness (QED) is 0.335. The van der Waals surface area contributed by atoms with Gasteiger partial charge in [-0.25, -0.2) is 0 Å². The molecule has 182 valence electrons. The first-order valence-corrected chi connectivity index (χ1v) is 12.5. The molecule has 2 aliphatic rings. The molecule has 0 unspecified atom stereocenters. The van der Waals surface area contributed by atoms with Crippen LogP contribution in [0.4, 0.5) is 5.69 Å². The van der Waals surface area contributed by atoms with Crippen LogP contribution in [0.25, 0.3) is 0 Å². The molecule has 4 rings (SSSR count). The molecular weight excluding hydrogens is 450 g/mol. The molecule has 0 atom stereocenters. The van der Waals surface area contributed by atoms with E-state index < -0.39 is 4.92 Å². The third-order valence-corrected chi connectivity index (χ3v) is 7.48. The lowest BCUT2D eigenvalue weighted by atomic mass is 9.89. The summed E-state index contributed by atoms with van der Waals surface area (Å²) in [6, 6.07) is 13.1. The number of nitro benzene ring substituents is 1. The second-order valence-corrected chi connectivity index (χ2v) is 9.85. The molecule has 0 aromatic heterocycles. The molecule has 0 amide bonds. The summed E-state index contributed by atoms with van der Waals surface area (Å²) in [6.07, 6.45) is 5.00. The molecule has 2 aliphatic heterocycles. The van der Waals surface area contributed by atoms with Gasteiger partial charge in [-0.2, -0.15) is 0 Å². The number of phenolic OH excluding ortho intramolecular Hbond substituents is 1. The van der Waals surface area contributed by atoms with Crippen LogP contribution < -0.4 is 4.74 Å². The summed E-state index contributed by atoms with van der Waals surface area (Å²) in [5.74, 6) is 0.752. The molecule has 0 radical (unpaired) electrons. The number of nitrogens with zero attached hydrogens (tertiary/aromatic N) is 3. The number of thiocarbonyl (C=S) groups is 1. The Balaban J connectivity index is 1.16. The molecule has 0 spiro atoms. The largest absolute Gasteiger partial charge is 0.502 e. The fourth-order valence-electron chi connectivity index (χ4n) is 4.89. The van der Waals surface area contributed by atoms with Crippen molar-refractivity contribution in [3.05, 3.63) is 63.7 Å². The predicted octanol–water partition coefficient (Wildman–Crippen LogP) is 5.05. The van der Waals surface area contributed by atoms with Gasteiger partial charge < -0.3 is 19.6 Å². The summed E-state index contributed by atoms with van der Waals surface area (Å²) in [4.78, 5) is 16.1. The SMILES string of the molecule is Cc1ccc(C2CCN(CCC(=S)N3CCC(Oc4ccc([N+](=O)[O-])c(O)c4)CC3)CC2)cc1. The van der Waals surface area contributed by atoms with E-state index in [-0.39, 0.29) is 17.5 Å². The van der Waals surface area contributed by atoms with E-state index in [9.17, 15) is 15.2 Å². The minimum Gasteiger partial charge on any atom is -0.502 e. The number of ether oxygens (including phenoxy) is 1. The molecule has 2 aromatic carbocycles. The Morgan fingerprint density at radius 1 is 1.09 bits per heavy atom. The maximum absolute atomic E-state index is 10.8. The molecule has 2 fully saturated rings. The van der Waals surface area contributed by atoms with Crippen LogP contribution in [-0.2, 0) is 0 Å². The van der Waals surface area contributed by atoms with E-state index in [0.29, 0.717) is 11.7 Å². The van der Waals surface area contributed by atoms with Gasteiger partial charge in [-0.15, -0.1) is 0 Å². The normalized spacial score (nSPS) is 18.1. The van der Waals surface area contributed by atoms with Crippen LogP contribution in [0.3, 0.4) is 0 Å². The number of phenols is 1. The van der Waals surface area contributed by atoms with Crippen molar-refractivity contribution in [1.29, 1.82) is 0 Å². The van der Waals surface area contributed by atoms with Crippen molar-refractivity contribution in [1.82, 2.24) is 9.80 Å². The number of likely N-dealkylation sites (tertiary alicyclic amines) is 2. The van der Waals surface area contributed by atoms with E-state index in [1.807, 2.05) is 0 Å². The average molecular weight is 484 g/mol. The Hall–Kier alpha value is -2.71. The molecule has 2 heterocycles. The van der Waals surface area contributed by atoms with Crippen molar-refractivity contribution in [2.45, 2.75) is 51.0 Å². The van der Waals surface area contributed by atoms with Crippen molar-refractivity contribution in [3.8, 4) is 11.5 Å². The molecular formula is C26H33N3O4S. The minimum absolute atomic E-state index is 0.0145. The van der Waals surface area contributed by atoms with E-state index in [1.54, 1.807) is 0 Å². The first-order chi connectivity index (χ1) is 16.4. The Labute approximate surface area is 206 Å². The second-order valence-electron chi connectivity index (χ2n) is 9.38. The zero-order valence-electron chi connectivity index (χ0n) is 19.7. The summed E-state index contributed by atoms with van der Waals surface area (Å²) >= 11 is 5.74. The summed E-state index contributed by atoms with van der Waals surface area (Å²) in [5.41, 5.74) is 2.47. The van der Waals surface area contributed by atoms with E-state index in [2.05, 4.69) is 41.0 Å². The Kier molecular flexibility index (Phi) is 8.00. The number of hydrogen-bond donors (Lipinski definition) is 1. The van der Waals surface area contributed by atoms with Gasteiger partial charge in [0.05, 0.1) is 9.91 Å². The summed E-state index contributed by atoms with van der Waals surface area (Å²) in [5, 5.41) is 20.6. The van der Waals surface area contributed by atoms with Crippen LogP contribution in [0.15, 0.2) is 42.5 Å². The number of nitro groups is 1. The van der Waals surface area contributed by atoms with Gasteiger partial charge in [0.2, 0.25) is 0 Å². The molecule has 1 N–H and O–H groups in total. The van der Waals surface area contributed by atoms with E-state index >= 15 is 0 Å². The predicted molar refractivity (Wildman–Crippen MR) is 137 cm³/mol. The topological polar surface area (TPSA) is 79.1 Å². The summed E-state index contributed by atoms with van der Waals surface area (Å²) < 4.78 is 5.95. The first kappa shape index (κ1) is 24.4. The zero-order valence-corrected chi connectivity index (χ0v) is 20.5. The molecule has 0 bridgehead atoms. The molecule has 2 aromatic rings. The number of rotatable bonds is 7. The van der Waals surface area contributed by atoms with Crippen LogP contribution in [0.2, 0.25) is 0 Å². The van der Waals surface area contributed by atoms with Crippen LogP contribution in [0.1, 0.15) is 49.1 Å². The van der Waals surface area contributed by atoms with Gasteiger partial charge in [0.1, 0.15) is 11.9 Å². The van der Waals surface area contributed by atoms with Crippen molar-refractivity contribution >= 4 is 22.9 Å². The lowest BCUT2D eigenvalue weighted by Crippen LogP contribution is -2.42. The maximum atomic E-state index is 10.8. The number of piperidine rings is 2. The Morgan fingerprint density at radius 2 is 1.76 bits per heavy atom. The van der Waals surface area contributed by atoms with E-state index in [4.69, 9.17) is 17.0 Å². The van der Waals surface area contributed by atoms with Gasteiger partial charge in [0.25, 0.3) is 0 Å². The molecule has 7 nitrogen and oxygen atoms in total. The van der Waals surface area contributed by atoms with Crippen LogP contribution in [-0.4, -0.2) is 63.6 Å². The maximum Gasteiger partial charge on any atom is 0.310 e. The first-order valence-electron chi connectivity index (χ1n) is 12.1. The average Bonchev–Trinajstić information content (AvgIpc) is 2.84. The van der Waals surface area contributed by atoms with Crippen LogP contribution >= 0.6 is 12.2 Å². The lowest BCUT2D eigenvalue weighted by Gasteiger charge is -2.36. The highest BCUT2D eigenvalue weighted by molar-refractivity contribution is 7.80. The second kappa shape index (κ2) is 11.1. The molecule has 2 saturated heterocycles. The van der Waals surface area contributed by atoms with Crippen LogP contribution in [0.5, 0.6) is 11.5 Å². The highest BCUT2D eigenvalue weighted by atomic mass is 32.1.